The Labute approximate surface area is 129 Å². The maximum absolute atomic E-state index is 6.31. The minimum Gasteiger partial charge on any atom is -0.451 e. The van der Waals surface area contributed by atoms with Gasteiger partial charge in [0.05, 0.1) is 16.4 Å². The normalized spacial score (nSPS) is 13.8. The van der Waals surface area contributed by atoms with Crippen LogP contribution >= 0.6 is 11.6 Å². The molecule has 0 aromatic heterocycles. The number of aliphatic imine (C=N–C) groups is 1. The number of para-hydroxylation sites is 3. The van der Waals surface area contributed by atoms with E-state index in [1.807, 2.05) is 49.5 Å². The van der Waals surface area contributed by atoms with Crippen LogP contribution in [0.2, 0.25) is 5.02 Å². The Kier molecular flexibility index (Phi) is 3.60. The molecular weight excluding hydrogens is 284 g/mol. The molecule has 0 N–H and O–H groups in total. The van der Waals surface area contributed by atoms with Crippen molar-refractivity contribution in [3.8, 4) is 11.5 Å². The number of hydrogen-bond acceptors (Lipinski definition) is 2. The van der Waals surface area contributed by atoms with E-state index in [0.29, 0.717) is 10.8 Å². The van der Waals surface area contributed by atoms with Gasteiger partial charge in [-0.15, -0.1) is 0 Å². The zero-order valence-corrected chi connectivity index (χ0v) is 13.1. The van der Waals surface area contributed by atoms with Crippen molar-refractivity contribution in [2.24, 2.45) is 10.9 Å². The van der Waals surface area contributed by atoms with Gasteiger partial charge in [0.15, 0.2) is 11.5 Å². The first kappa shape index (κ1) is 14.0. The number of ether oxygens (including phenoxy) is 1. The van der Waals surface area contributed by atoms with Gasteiger partial charge in [0.25, 0.3) is 0 Å². The molecule has 0 saturated carbocycles. The van der Waals surface area contributed by atoms with Crippen molar-refractivity contribution in [3.63, 3.8) is 0 Å². The summed E-state index contributed by atoms with van der Waals surface area (Å²) in [7, 11) is 1.82. The van der Waals surface area contributed by atoms with Crippen molar-refractivity contribution >= 4 is 28.8 Å². The summed E-state index contributed by atoms with van der Waals surface area (Å²) in [5.74, 6) is 2.74. The van der Waals surface area contributed by atoms with Gasteiger partial charge in [0.1, 0.15) is 5.84 Å². The summed E-state index contributed by atoms with van der Waals surface area (Å²) in [5.41, 5.74) is 1.91. The third-order valence-corrected chi connectivity index (χ3v) is 3.78. The molecule has 0 atom stereocenters. The minimum absolute atomic E-state index is 0.285. The number of nitrogens with zero attached hydrogens (tertiary/aromatic N) is 2. The van der Waals surface area contributed by atoms with Crippen LogP contribution in [0.25, 0.3) is 0 Å². The molecule has 108 valence electrons. The average molecular weight is 301 g/mol. The molecule has 0 unspecified atom stereocenters. The number of benzene rings is 2. The second-order valence-corrected chi connectivity index (χ2v) is 5.64. The highest BCUT2D eigenvalue weighted by Crippen LogP contribution is 2.49. The van der Waals surface area contributed by atoms with Crippen molar-refractivity contribution in [1.29, 1.82) is 0 Å². The predicted octanol–water partition coefficient (Wildman–Crippen LogP) is 5.27. The van der Waals surface area contributed by atoms with Crippen LogP contribution in [0.4, 0.5) is 11.4 Å². The number of halogens is 1. The molecule has 1 aliphatic heterocycles. The van der Waals surface area contributed by atoms with Gasteiger partial charge in [-0.25, -0.2) is 0 Å². The van der Waals surface area contributed by atoms with Gasteiger partial charge in [-0.05, 0) is 24.3 Å². The molecule has 21 heavy (non-hydrogen) atoms. The van der Waals surface area contributed by atoms with E-state index in [2.05, 4.69) is 23.7 Å². The summed E-state index contributed by atoms with van der Waals surface area (Å²) in [6, 6.07) is 13.7. The Hall–Kier alpha value is -2.00. The Morgan fingerprint density at radius 3 is 2.52 bits per heavy atom. The van der Waals surface area contributed by atoms with Gasteiger partial charge in [0.2, 0.25) is 0 Å². The molecule has 3 rings (SSSR count). The molecule has 1 heterocycles. The molecule has 0 amide bonds. The van der Waals surface area contributed by atoms with Gasteiger partial charge in [-0.3, -0.25) is 9.89 Å². The van der Waals surface area contributed by atoms with Crippen molar-refractivity contribution in [2.45, 2.75) is 13.8 Å². The van der Waals surface area contributed by atoms with Crippen LogP contribution in [0.15, 0.2) is 47.5 Å². The van der Waals surface area contributed by atoms with Crippen molar-refractivity contribution < 1.29 is 4.74 Å². The highest BCUT2D eigenvalue weighted by Gasteiger charge is 2.29. The van der Waals surface area contributed by atoms with Gasteiger partial charge >= 0.3 is 0 Å². The monoisotopic (exact) mass is 300 g/mol. The van der Waals surface area contributed by atoms with Crippen molar-refractivity contribution in [1.82, 2.24) is 0 Å². The topological polar surface area (TPSA) is 24.8 Å². The highest BCUT2D eigenvalue weighted by molar-refractivity contribution is 6.33. The molecule has 3 nitrogen and oxygen atoms in total. The minimum atomic E-state index is 0.285. The number of amidine groups is 1. The Bertz CT molecular complexity index is 710. The Balaban J connectivity index is 2.26. The second-order valence-electron chi connectivity index (χ2n) is 5.23. The SMILES string of the molecule is C/N=C(\C(C)C)N1c2ccccc2Oc2c(Cl)cccc21. The van der Waals surface area contributed by atoms with Crippen LogP contribution in [0.5, 0.6) is 11.5 Å². The molecule has 0 bridgehead atoms. The van der Waals surface area contributed by atoms with Crippen LogP contribution in [-0.2, 0) is 0 Å². The van der Waals surface area contributed by atoms with Crippen molar-refractivity contribution in [3.05, 3.63) is 47.5 Å². The van der Waals surface area contributed by atoms with E-state index in [1.54, 1.807) is 0 Å². The summed E-state index contributed by atoms with van der Waals surface area (Å²) >= 11 is 6.31. The molecule has 0 spiro atoms. The first-order chi connectivity index (χ1) is 10.1. The first-order valence-electron chi connectivity index (χ1n) is 6.95. The lowest BCUT2D eigenvalue weighted by Crippen LogP contribution is -2.32. The second kappa shape index (κ2) is 5.41. The summed E-state index contributed by atoms with van der Waals surface area (Å²) < 4.78 is 5.98. The summed E-state index contributed by atoms with van der Waals surface area (Å²) in [5, 5.41) is 0.603. The summed E-state index contributed by atoms with van der Waals surface area (Å²) in [6.07, 6.45) is 0. The van der Waals surface area contributed by atoms with E-state index in [4.69, 9.17) is 16.3 Å². The van der Waals surface area contributed by atoms with Crippen molar-refractivity contribution in [2.75, 3.05) is 11.9 Å². The zero-order valence-electron chi connectivity index (χ0n) is 12.3. The van der Waals surface area contributed by atoms with Crippen LogP contribution in [0.3, 0.4) is 0 Å². The van der Waals surface area contributed by atoms with E-state index < -0.39 is 0 Å². The maximum Gasteiger partial charge on any atom is 0.170 e. The van der Waals surface area contributed by atoms with E-state index in [0.717, 1.165) is 23.0 Å². The molecule has 0 aliphatic carbocycles. The van der Waals surface area contributed by atoms with Crippen LogP contribution in [0, 0.1) is 5.92 Å². The molecule has 2 aromatic carbocycles. The summed E-state index contributed by atoms with van der Waals surface area (Å²) in [4.78, 5) is 6.61. The highest BCUT2D eigenvalue weighted by atomic mass is 35.5. The molecule has 0 fully saturated rings. The lowest BCUT2D eigenvalue weighted by atomic mass is 10.1. The standard InChI is InChI=1S/C17H17ClN2O/c1-11(2)17(19-3)20-13-8-4-5-10-15(13)21-16-12(18)7-6-9-14(16)20/h4-11H,1-3H3/b19-17+. The van der Waals surface area contributed by atoms with E-state index in [-0.39, 0.29) is 5.92 Å². The summed E-state index contributed by atoms with van der Waals surface area (Å²) in [6.45, 7) is 4.26. The molecular formula is C17H17ClN2O. The molecule has 0 saturated heterocycles. The lowest BCUT2D eigenvalue weighted by molar-refractivity contribution is 0.477. The number of anilines is 2. The van der Waals surface area contributed by atoms with Crippen LogP contribution < -0.4 is 9.64 Å². The fourth-order valence-corrected chi connectivity index (χ4v) is 2.81. The predicted molar refractivity (Wildman–Crippen MR) is 88.3 cm³/mol. The quantitative estimate of drug-likeness (QED) is 0.529. The third-order valence-electron chi connectivity index (χ3n) is 3.48. The zero-order chi connectivity index (χ0) is 15.0. The average Bonchev–Trinajstić information content (AvgIpc) is 2.48. The van der Waals surface area contributed by atoms with Gasteiger partial charge in [-0.2, -0.15) is 0 Å². The van der Waals surface area contributed by atoms with Gasteiger partial charge < -0.3 is 4.74 Å². The molecule has 1 aliphatic rings. The van der Waals surface area contributed by atoms with Gasteiger partial charge in [0, 0.05) is 13.0 Å². The fraction of sp³-hybridized carbons (Fsp3) is 0.235. The van der Waals surface area contributed by atoms with Crippen LogP contribution in [0.1, 0.15) is 13.8 Å². The number of fused-ring (bicyclic) bond motifs is 2. The van der Waals surface area contributed by atoms with Gasteiger partial charge in [-0.1, -0.05) is 43.6 Å². The fourth-order valence-electron chi connectivity index (χ4n) is 2.61. The number of rotatable bonds is 1. The van der Waals surface area contributed by atoms with E-state index >= 15 is 0 Å². The molecule has 2 aromatic rings. The molecule has 4 heteroatoms. The Morgan fingerprint density at radius 1 is 1.10 bits per heavy atom. The number of hydrogen-bond donors (Lipinski definition) is 0. The lowest BCUT2D eigenvalue weighted by Gasteiger charge is -2.35. The third kappa shape index (κ3) is 2.28. The van der Waals surface area contributed by atoms with E-state index in [9.17, 15) is 0 Å². The Morgan fingerprint density at radius 2 is 1.81 bits per heavy atom. The first-order valence-corrected chi connectivity index (χ1v) is 7.33. The van der Waals surface area contributed by atoms with E-state index in [1.165, 1.54) is 0 Å². The molecule has 0 radical (unpaired) electrons. The van der Waals surface area contributed by atoms with Crippen LogP contribution in [-0.4, -0.2) is 12.9 Å². The smallest absolute Gasteiger partial charge is 0.170 e. The largest absolute Gasteiger partial charge is 0.451 e. The maximum atomic E-state index is 6.31.